The SMILES string of the molecule is NC(=O)c1conc1-c1ccc(C(F)(F)F)cc1. The molecule has 0 fully saturated rings. The van der Waals surface area contributed by atoms with Crippen LogP contribution >= 0.6 is 0 Å². The summed E-state index contributed by atoms with van der Waals surface area (Å²) in [6.45, 7) is 0. The number of carbonyl (C=O) groups excluding carboxylic acids is 1. The Hall–Kier alpha value is -2.31. The summed E-state index contributed by atoms with van der Waals surface area (Å²) in [6.07, 6.45) is -3.36. The lowest BCUT2D eigenvalue weighted by molar-refractivity contribution is -0.137. The number of hydrogen-bond donors (Lipinski definition) is 1. The molecule has 0 saturated carbocycles. The molecule has 2 aromatic rings. The quantitative estimate of drug-likeness (QED) is 0.897. The van der Waals surface area contributed by atoms with Crippen molar-refractivity contribution < 1.29 is 22.5 Å². The van der Waals surface area contributed by atoms with Crippen molar-refractivity contribution in [1.82, 2.24) is 5.16 Å². The minimum Gasteiger partial charge on any atom is -0.365 e. The normalized spacial score (nSPS) is 11.5. The molecule has 0 aliphatic carbocycles. The van der Waals surface area contributed by atoms with E-state index >= 15 is 0 Å². The topological polar surface area (TPSA) is 69.1 Å². The minimum atomic E-state index is -4.41. The number of halogens is 3. The van der Waals surface area contributed by atoms with E-state index in [2.05, 4.69) is 9.68 Å². The van der Waals surface area contributed by atoms with E-state index < -0.39 is 17.6 Å². The number of nitrogens with two attached hydrogens (primary N) is 1. The minimum absolute atomic E-state index is 0.0229. The first-order valence-electron chi connectivity index (χ1n) is 4.81. The van der Waals surface area contributed by atoms with Gasteiger partial charge in [0.1, 0.15) is 17.5 Å². The maximum atomic E-state index is 12.4. The van der Waals surface area contributed by atoms with Crippen LogP contribution in [0.3, 0.4) is 0 Å². The van der Waals surface area contributed by atoms with Crippen molar-refractivity contribution in [2.45, 2.75) is 6.18 Å². The number of amides is 1. The van der Waals surface area contributed by atoms with E-state index in [9.17, 15) is 18.0 Å². The molecule has 0 atom stereocenters. The number of benzene rings is 1. The van der Waals surface area contributed by atoms with Crippen molar-refractivity contribution in [3.8, 4) is 11.3 Å². The molecule has 1 aromatic heterocycles. The van der Waals surface area contributed by atoms with Gasteiger partial charge >= 0.3 is 6.18 Å². The molecule has 0 radical (unpaired) electrons. The highest BCUT2D eigenvalue weighted by molar-refractivity contribution is 5.98. The standard InChI is InChI=1S/C11H7F3N2O2/c12-11(13,14)7-3-1-6(2-4-7)9-8(10(15)17)5-18-16-9/h1-5H,(H2,15,17). The van der Waals surface area contributed by atoms with E-state index in [1.807, 2.05) is 0 Å². The predicted octanol–water partition coefficient (Wildman–Crippen LogP) is 2.46. The summed E-state index contributed by atoms with van der Waals surface area (Å²) >= 11 is 0. The maximum Gasteiger partial charge on any atom is 0.416 e. The molecule has 2 N–H and O–H groups in total. The van der Waals surface area contributed by atoms with Gasteiger partial charge in [0.05, 0.1) is 5.56 Å². The highest BCUT2D eigenvalue weighted by Crippen LogP contribution is 2.31. The molecule has 0 spiro atoms. The van der Waals surface area contributed by atoms with Crippen LogP contribution in [0.15, 0.2) is 35.1 Å². The Morgan fingerprint density at radius 3 is 2.33 bits per heavy atom. The molecule has 0 bridgehead atoms. The summed E-state index contributed by atoms with van der Waals surface area (Å²) in [5.74, 6) is -0.758. The van der Waals surface area contributed by atoms with Crippen LogP contribution in [0.4, 0.5) is 13.2 Å². The molecule has 94 valence electrons. The Bertz CT molecular complexity index is 573. The van der Waals surface area contributed by atoms with Gasteiger partial charge in [0.15, 0.2) is 0 Å². The number of nitrogens with zero attached hydrogens (tertiary/aromatic N) is 1. The van der Waals surface area contributed by atoms with Crippen LogP contribution in [0.2, 0.25) is 0 Å². The van der Waals surface area contributed by atoms with Crippen LogP contribution in [0.1, 0.15) is 15.9 Å². The number of alkyl halides is 3. The van der Waals surface area contributed by atoms with E-state index in [1.54, 1.807) is 0 Å². The fourth-order valence-corrected chi connectivity index (χ4v) is 1.44. The molecule has 1 amide bonds. The van der Waals surface area contributed by atoms with Crippen LogP contribution in [0.5, 0.6) is 0 Å². The Labute approximate surface area is 99.2 Å². The molecular weight excluding hydrogens is 249 g/mol. The van der Waals surface area contributed by atoms with E-state index in [0.717, 1.165) is 18.4 Å². The molecule has 4 nitrogen and oxygen atoms in total. The van der Waals surface area contributed by atoms with Gasteiger partial charge in [-0.2, -0.15) is 13.2 Å². The first kappa shape index (κ1) is 12.2. The lowest BCUT2D eigenvalue weighted by atomic mass is 10.1. The molecule has 0 aliphatic rings. The fraction of sp³-hybridized carbons (Fsp3) is 0.0909. The molecule has 1 aromatic carbocycles. The summed E-state index contributed by atoms with van der Waals surface area (Å²) in [4.78, 5) is 11.0. The van der Waals surface area contributed by atoms with E-state index in [0.29, 0.717) is 5.56 Å². The van der Waals surface area contributed by atoms with E-state index in [1.165, 1.54) is 12.1 Å². The first-order valence-corrected chi connectivity index (χ1v) is 4.81. The Balaban J connectivity index is 2.41. The number of carbonyl (C=O) groups is 1. The molecule has 2 rings (SSSR count). The second kappa shape index (κ2) is 4.17. The third-order valence-corrected chi connectivity index (χ3v) is 2.32. The van der Waals surface area contributed by atoms with Crippen LogP contribution < -0.4 is 5.73 Å². The third kappa shape index (κ3) is 2.20. The third-order valence-electron chi connectivity index (χ3n) is 2.32. The number of primary amides is 1. The number of hydrogen-bond acceptors (Lipinski definition) is 3. The summed E-state index contributed by atoms with van der Waals surface area (Å²) in [5.41, 5.74) is 4.76. The van der Waals surface area contributed by atoms with Gasteiger partial charge in [-0.1, -0.05) is 17.3 Å². The summed E-state index contributed by atoms with van der Waals surface area (Å²) in [7, 11) is 0. The molecule has 7 heteroatoms. The van der Waals surface area contributed by atoms with Gasteiger partial charge in [0.25, 0.3) is 5.91 Å². The van der Waals surface area contributed by atoms with Gasteiger partial charge < -0.3 is 10.3 Å². The summed E-state index contributed by atoms with van der Waals surface area (Å²) in [5, 5.41) is 3.54. The predicted molar refractivity (Wildman–Crippen MR) is 55.5 cm³/mol. The fourth-order valence-electron chi connectivity index (χ4n) is 1.44. The van der Waals surface area contributed by atoms with Crippen LogP contribution in [0.25, 0.3) is 11.3 Å². The van der Waals surface area contributed by atoms with Gasteiger partial charge in [-0.3, -0.25) is 4.79 Å². The Kier molecular flexibility index (Phi) is 2.82. The van der Waals surface area contributed by atoms with Crippen LogP contribution in [-0.4, -0.2) is 11.1 Å². The zero-order valence-corrected chi connectivity index (χ0v) is 8.86. The molecule has 1 heterocycles. The monoisotopic (exact) mass is 256 g/mol. The second-order valence-corrected chi connectivity index (χ2v) is 3.52. The van der Waals surface area contributed by atoms with Crippen LogP contribution in [0, 0.1) is 0 Å². The summed E-state index contributed by atoms with van der Waals surface area (Å²) in [6, 6.07) is 4.20. The van der Waals surface area contributed by atoms with Gasteiger partial charge in [0, 0.05) is 5.56 Å². The largest absolute Gasteiger partial charge is 0.416 e. The Morgan fingerprint density at radius 2 is 1.83 bits per heavy atom. The average Bonchev–Trinajstić information content (AvgIpc) is 2.77. The van der Waals surface area contributed by atoms with Gasteiger partial charge in [-0.15, -0.1) is 0 Å². The molecule has 18 heavy (non-hydrogen) atoms. The summed E-state index contributed by atoms with van der Waals surface area (Å²) < 4.78 is 41.7. The van der Waals surface area contributed by atoms with Crippen molar-refractivity contribution >= 4 is 5.91 Å². The maximum absolute atomic E-state index is 12.4. The van der Waals surface area contributed by atoms with Crippen molar-refractivity contribution in [3.05, 3.63) is 41.7 Å². The van der Waals surface area contributed by atoms with Crippen molar-refractivity contribution in [1.29, 1.82) is 0 Å². The lowest BCUT2D eigenvalue weighted by Gasteiger charge is -2.06. The molecule has 0 saturated heterocycles. The van der Waals surface area contributed by atoms with Gasteiger partial charge in [-0.05, 0) is 12.1 Å². The van der Waals surface area contributed by atoms with E-state index in [-0.39, 0.29) is 11.3 Å². The molecule has 0 unspecified atom stereocenters. The zero-order chi connectivity index (χ0) is 13.3. The van der Waals surface area contributed by atoms with Gasteiger partial charge in [0.2, 0.25) is 0 Å². The highest BCUT2D eigenvalue weighted by atomic mass is 19.4. The lowest BCUT2D eigenvalue weighted by Crippen LogP contribution is -2.11. The second-order valence-electron chi connectivity index (χ2n) is 3.52. The number of rotatable bonds is 2. The molecular formula is C11H7F3N2O2. The van der Waals surface area contributed by atoms with Crippen molar-refractivity contribution in [2.24, 2.45) is 5.73 Å². The average molecular weight is 256 g/mol. The Morgan fingerprint density at radius 1 is 1.22 bits per heavy atom. The molecule has 0 aliphatic heterocycles. The van der Waals surface area contributed by atoms with Crippen molar-refractivity contribution in [2.75, 3.05) is 0 Å². The highest BCUT2D eigenvalue weighted by Gasteiger charge is 2.30. The van der Waals surface area contributed by atoms with Crippen LogP contribution in [-0.2, 0) is 6.18 Å². The smallest absolute Gasteiger partial charge is 0.365 e. The first-order chi connectivity index (χ1) is 8.39. The van der Waals surface area contributed by atoms with E-state index in [4.69, 9.17) is 5.73 Å². The zero-order valence-electron chi connectivity index (χ0n) is 8.86. The number of aromatic nitrogens is 1. The van der Waals surface area contributed by atoms with Gasteiger partial charge in [-0.25, -0.2) is 0 Å². The van der Waals surface area contributed by atoms with Crippen molar-refractivity contribution in [3.63, 3.8) is 0 Å².